The fourth-order valence-corrected chi connectivity index (χ4v) is 2.88. The normalized spacial score (nSPS) is 10.3. The molecular formula is C21H21ClN4O3. The van der Waals surface area contributed by atoms with E-state index in [0.717, 1.165) is 16.7 Å². The average Bonchev–Trinajstić information content (AvgIpc) is 3.25. The Labute approximate surface area is 174 Å². The first-order valence-corrected chi connectivity index (χ1v) is 8.79. The van der Waals surface area contributed by atoms with Gasteiger partial charge < -0.3 is 24.5 Å². The molecule has 7 nitrogen and oxygen atoms in total. The molecule has 2 N–H and O–H groups in total. The van der Waals surface area contributed by atoms with E-state index in [0.29, 0.717) is 35.5 Å². The molecule has 0 radical (unpaired) electrons. The number of benzene rings is 2. The number of para-hydroxylation sites is 1. The summed E-state index contributed by atoms with van der Waals surface area (Å²) in [6, 6.07) is 17.1. The standard InChI is InChI=1S/C21H20N4O3.ClH/c1-26-14-9-10-19(27-2)18(12-14)24-21-23-17-8-4-3-7-16(17)20(25-21)22-13-15-6-5-11-28-15;/h3-12H,13H2,1-2H3,(H2,22,23,24,25);1H. The molecule has 4 rings (SSSR count). The number of rotatable bonds is 7. The third kappa shape index (κ3) is 4.52. The number of ether oxygens (including phenoxy) is 2. The fourth-order valence-electron chi connectivity index (χ4n) is 2.88. The highest BCUT2D eigenvalue weighted by Gasteiger charge is 2.11. The number of anilines is 3. The lowest BCUT2D eigenvalue weighted by atomic mass is 10.2. The van der Waals surface area contributed by atoms with Gasteiger partial charge in [0, 0.05) is 11.5 Å². The number of hydrogen-bond acceptors (Lipinski definition) is 7. The lowest BCUT2D eigenvalue weighted by Gasteiger charge is -2.14. The Morgan fingerprint density at radius 3 is 2.59 bits per heavy atom. The molecule has 0 unspecified atom stereocenters. The molecule has 29 heavy (non-hydrogen) atoms. The van der Waals surface area contributed by atoms with Crippen LogP contribution in [0.2, 0.25) is 0 Å². The predicted octanol–water partition coefficient (Wildman–Crippen LogP) is 5.02. The van der Waals surface area contributed by atoms with Gasteiger partial charge in [0.2, 0.25) is 5.95 Å². The van der Waals surface area contributed by atoms with Crippen LogP contribution in [0.1, 0.15) is 5.76 Å². The highest BCUT2D eigenvalue weighted by Crippen LogP contribution is 2.32. The predicted molar refractivity (Wildman–Crippen MR) is 116 cm³/mol. The zero-order valence-corrected chi connectivity index (χ0v) is 16.8. The van der Waals surface area contributed by atoms with Gasteiger partial charge in [0.05, 0.1) is 38.2 Å². The first-order chi connectivity index (χ1) is 13.8. The van der Waals surface area contributed by atoms with Gasteiger partial charge in [-0.25, -0.2) is 4.98 Å². The van der Waals surface area contributed by atoms with E-state index in [-0.39, 0.29) is 12.4 Å². The molecule has 0 saturated carbocycles. The lowest BCUT2D eigenvalue weighted by molar-refractivity contribution is 0.405. The largest absolute Gasteiger partial charge is 0.497 e. The van der Waals surface area contributed by atoms with Crippen LogP contribution in [0.25, 0.3) is 10.9 Å². The Morgan fingerprint density at radius 1 is 0.966 bits per heavy atom. The minimum absolute atomic E-state index is 0. The van der Waals surface area contributed by atoms with Crippen LogP contribution in [-0.4, -0.2) is 24.2 Å². The number of furan rings is 1. The van der Waals surface area contributed by atoms with Gasteiger partial charge >= 0.3 is 0 Å². The third-order valence-corrected chi connectivity index (χ3v) is 4.27. The Morgan fingerprint density at radius 2 is 1.83 bits per heavy atom. The van der Waals surface area contributed by atoms with E-state index >= 15 is 0 Å². The molecule has 0 bridgehead atoms. The van der Waals surface area contributed by atoms with Crippen molar-refractivity contribution in [3.63, 3.8) is 0 Å². The van der Waals surface area contributed by atoms with Gasteiger partial charge in [0.1, 0.15) is 23.1 Å². The van der Waals surface area contributed by atoms with E-state index in [1.54, 1.807) is 20.5 Å². The molecule has 4 aromatic rings. The highest BCUT2D eigenvalue weighted by atomic mass is 35.5. The fraction of sp³-hybridized carbons (Fsp3) is 0.143. The summed E-state index contributed by atoms with van der Waals surface area (Å²) in [6.45, 7) is 0.524. The molecular weight excluding hydrogens is 392 g/mol. The van der Waals surface area contributed by atoms with Gasteiger partial charge in [-0.2, -0.15) is 4.98 Å². The Balaban J connectivity index is 0.00000240. The van der Waals surface area contributed by atoms with Gasteiger partial charge in [0.25, 0.3) is 0 Å². The van der Waals surface area contributed by atoms with Crippen molar-refractivity contribution in [2.75, 3.05) is 24.9 Å². The zero-order valence-electron chi connectivity index (χ0n) is 16.0. The van der Waals surface area contributed by atoms with Crippen molar-refractivity contribution in [3.05, 3.63) is 66.6 Å². The van der Waals surface area contributed by atoms with E-state index in [9.17, 15) is 0 Å². The topological polar surface area (TPSA) is 81.4 Å². The Bertz CT molecular complexity index is 1090. The maximum atomic E-state index is 5.43. The number of nitrogens with zero attached hydrogens (tertiary/aromatic N) is 2. The van der Waals surface area contributed by atoms with E-state index in [1.165, 1.54) is 0 Å². The number of fused-ring (bicyclic) bond motifs is 1. The SMILES string of the molecule is COc1ccc(OC)c(Nc2nc(NCc3ccco3)c3ccccc3n2)c1.Cl. The molecule has 0 aliphatic rings. The summed E-state index contributed by atoms with van der Waals surface area (Å²) in [6.07, 6.45) is 1.65. The summed E-state index contributed by atoms with van der Waals surface area (Å²) < 4.78 is 16.1. The smallest absolute Gasteiger partial charge is 0.229 e. The van der Waals surface area contributed by atoms with Gasteiger partial charge in [-0.15, -0.1) is 12.4 Å². The van der Waals surface area contributed by atoms with Crippen LogP contribution in [0, 0.1) is 0 Å². The summed E-state index contributed by atoms with van der Waals surface area (Å²) >= 11 is 0. The van der Waals surface area contributed by atoms with Gasteiger partial charge in [-0.05, 0) is 36.4 Å². The molecule has 0 fully saturated rings. The lowest BCUT2D eigenvalue weighted by Crippen LogP contribution is -2.06. The molecule has 0 saturated heterocycles. The highest BCUT2D eigenvalue weighted by molar-refractivity contribution is 5.90. The van der Waals surface area contributed by atoms with Crippen LogP contribution >= 0.6 is 12.4 Å². The monoisotopic (exact) mass is 412 g/mol. The first kappa shape index (κ1) is 20.3. The summed E-state index contributed by atoms with van der Waals surface area (Å²) in [5, 5.41) is 7.49. The molecule has 0 aliphatic heterocycles. The van der Waals surface area contributed by atoms with Crippen molar-refractivity contribution in [1.29, 1.82) is 0 Å². The van der Waals surface area contributed by atoms with E-state index in [2.05, 4.69) is 20.6 Å². The van der Waals surface area contributed by atoms with Crippen molar-refractivity contribution >= 4 is 40.8 Å². The van der Waals surface area contributed by atoms with Crippen molar-refractivity contribution in [2.45, 2.75) is 6.54 Å². The molecule has 0 spiro atoms. The minimum Gasteiger partial charge on any atom is -0.497 e. The summed E-state index contributed by atoms with van der Waals surface area (Å²) in [5.74, 6) is 3.37. The van der Waals surface area contributed by atoms with Gasteiger partial charge in [0.15, 0.2) is 0 Å². The van der Waals surface area contributed by atoms with Gasteiger partial charge in [-0.1, -0.05) is 12.1 Å². The molecule has 8 heteroatoms. The average molecular weight is 413 g/mol. The van der Waals surface area contributed by atoms with Crippen molar-refractivity contribution in [3.8, 4) is 11.5 Å². The van der Waals surface area contributed by atoms with Gasteiger partial charge in [-0.3, -0.25) is 0 Å². The minimum atomic E-state index is 0. The van der Waals surface area contributed by atoms with E-state index < -0.39 is 0 Å². The Kier molecular flexibility index (Phi) is 6.41. The number of hydrogen-bond donors (Lipinski definition) is 2. The molecule has 0 amide bonds. The third-order valence-electron chi connectivity index (χ3n) is 4.27. The maximum absolute atomic E-state index is 5.43. The van der Waals surface area contributed by atoms with E-state index in [4.69, 9.17) is 13.9 Å². The molecule has 0 atom stereocenters. The molecule has 2 aromatic heterocycles. The van der Waals surface area contributed by atoms with Crippen LogP contribution in [-0.2, 0) is 6.54 Å². The first-order valence-electron chi connectivity index (χ1n) is 8.79. The number of methoxy groups -OCH3 is 2. The second-order valence-corrected chi connectivity index (χ2v) is 6.04. The number of halogens is 1. The van der Waals surface area contributed by atoms with Crippen LogP contribution in [0.15, 0.2) is 65.3 Å². The Hall–Kier alpha value is -3.45. The summed E-state index contributed by atoms with van der Waals surface area (Å²) in [5.41, 5.74) is 1.54. The van der Waals surface area contributed by atoms with Crippen LogP contribution in [0.3, 0.4) is 0 Å². The number of aromatic nitrogens is 2. The van der Waals surface area contributed by atoms with E-state index in [1.807, 2.05) is 54.6 Å². The quantitative estimate of drug-likeness (QED) is 0.441. The second-order valence-electron chi connectivity index (χ2n) is 6.04. The number of nitrogens with one attached hydrogen (secondary N) is 2. The van der Waals surface area contributed by atoms with Crippen LogP contribution in [0.5, 0.6) is 11.5 Å². The molecule has 0 aliphatic carbocycles. The second kappa shape index (κ2) is 9.16. The van der Waals surface area contributed by atoms with Crippen molar-refractivity contribution in [1.82, 2.24) is 9.97 Å². The molecule has 150 valence electrons. The molecule has 2 heterocycles. The molecule has 2 aromatic carbocycles. The van der Waals surface area contributed by atoms with Crippen LogP contribution < -0.4 is 20.1 Å². The van der Waals surface area contributed by atoms with Crippen LogP contribution in [0.4, 0.5) is 17.5 Å². The summed E-state index contributed by atoms with van der Waals surface area (Å²) in [4.78, 5) is 9.28. The van der Waals surface area contributed by atoms with Crippen molar-refractivity contribution in [2.24, 2.45) is 0 Å². The summed E-state index contributed by atoms with van der Waals surface area (Å²) in [7, 11) is 3.24. The maximum Gasteiger partial charge on any atom is 0.229 e. The zero-order chi connectivity index (χ0) is 19.3. The van der Waals surface area contributed by atoms with Crippen molar-refractivity contribution < 1.29 is 13.9 Å².